The Labute approximate surface area is 167 Å². The Bertz CT molecular complexity index is 924. The molecule has 0 unspecified atom stereocenters. The number of carbonyl (C=O) groups excluding carboxylic acids is 1. The molecule has 0 aromatic carbocycles. The Kier molecular flexibility index (Phi) is 5.45. The van der Waals surface area contributed by atoms with Gasteiger partial charge in [0.2, 0.25) is 0 Å². The van der Waals surface area contributed by atoms with Crippen LogP contribution in [0.5, 0.6) is 0 Å². The first kappa shape index (κ1) is 19.3. The summed E-state index contributed by atoms with van der Waals surface area (Å²) in [5, 5.41) is 12.7. The fourth-order valence-corrected chi connectivity index (χ4v) is 3.47. The normalized spacial score (nSPS) is 18.9. The molecule has 29 heavy (non-hydrogen) atoms. The highest BCUT2D eigenvalue weighted by molar-refractivity contribution is 6.04. The number of carbonyl (C=O) groups is 1. The van der Waals surface area contributed by atoms with Gasteiger partial charge in [-0.2, -0.15) is 5.10 Å². The van der Waals surface area contributed by atoms with Gasteiger partial charge in [-0.15, -0.1) is 0 Å². The molecule has 9 heteroatoms. The third kappa shape index (κ3) is 4.71. The van der Waals surface area contributed by atoms with E-state index in [-0.39, 0.29) is 31.1 Å². The Morgan fingerprint density at radius 3 is 2.79 bits per heavy atom. The summed E-state index contributed by atoms with van der Waals surface area (Å²) < 4.78 is 26.7. The maximum Gasteiger partial charge on any atom is 0.275 e. The van der Waals surface area contributed by atoms with Gasteiger partial charge < -0.3 is 15.5 Å². The van der Waals surface area contributed by atoms with E-state index in [2.05, 4.69) is 37.7 Å². The van der Waals surface area contributed by atoms with Crippen LogP contribution in [0.1, 0.15) is 35.3 Å². The molecule has 0 saturated carbocycles. The van der Waals surface area contributed by atoms with Crippen LogP contribution in [-0.4, -0.2) is 53.2 Å². The van der Waals surface area contributed by atoms with Crippen molar-refractivity contribution in [3.63, 3.8) is 0 Å². The van der Waals surface area contributed by atoms with Gasteiger partial charge in [-0.3, -0.25) is 9.89 Å². The van der Waals surface area contributed by atoms with Crippen LogP contribution < -0.4 is 15.5 Å². The summed E-state index contributed by atoms with van der Waals surface area (Å²) in [6, 6.07) is 3.27. The van der Waals surface area contributed by atoms with E-state index in [0.717, 1.165) is 25.9 Å². The van der Waals surface area contributed by atoms with Gasteiger partial charge in [-0.25, -0.2) is 13.8 Å². The summed E-state index contributed by atoms with van der Waals surface area (Å²) in [5.74, 6) is 4.01. The third-order valence-electron chi connectivity index (χ3n) is 5.12. The minimum atomic E-state index is -2.68. The van der Waals surface area contributed by atoms with Gasteiger partial charge in [-0.05, 0) is 38.1 Å². The molecule has 4 rings (SSSR count). The Balaban J connectivity index is 1.40. The maximum atomic E-state index is 13.4. The van der Waals surface area contributed by atoms with E-state index in [0.29, 0.717) is 23.0 Å². The molecule has 2 aliphatic rings. The Morgan fingerprint density at radius 2 is 2.10 bits per heavy atom. The van der Waals surface area contributed by atoms with E-state index in [4.69, 9.17) is 0 Å². The molecule has 4 heterocycles. The predicted molar refractivity (Wildman–Crippen MR) is 105 cm³/mol. The van der Waals surface area contributed by atoms with Crippen molar-refractivity contribution >= 4 is 17.4 Å². The van der Waals surface area contributed by atoms with Crippen molar-refractivity contribution in [2.24, 2.45) is 5.92 Å². The molecular weight excluding hydrogens is 378 g/mol. The summed E-state index contributed by atoms with van der Waals surface area (Å²) in [7, 11) is 0. The SMILES string of the molecule is O=C(Nc1ccc(N2CCC(F)(F)C2)nc1)c1[nH]ncc1C#CC1CCNCC1. The number of amides is 1. The molecule has 2 saturated heterocycles. The molecule has 0 atom stereocenters. The summed E-state index contributed by atoms with van der Waals surface area (Å²) >= 11 is 0. The van der Waals surface area contributed by atoms with Crippen LogP contribution in [0.15, 0.2) is 24.5 Å². The summed E-state index contributed by atoms with van der Waals surface area (Å²) in [6.45, 7) is 1.84. The minimum absolute atomic E-state index is 0.172. The highest BCUT2D eigenvalue weighted by atomic mass is 19.3. The van der Waals surface area contributed by atoms with Gasteiger partial charge >= 0.3 is 0 Å². The lowest BCUT2D eigenvalue weighted by atomic mass is 9.98. The van der Waals surface area contributed by atoms with E-state index in [1.807, 2.05) is 0 Å². The first-order chi connectivity index (χ1) is 14.0. The zero-order chi connectivity index (χ0) is 20.3. The molecule has 2 aromatic heterocycles. The van der Waals surface area contributed by atoms with Crippen LogP contribution >= 0.6 is 0 Å². The zero-order valence-corrected chi connectivity index (χ0v) is 15.8. The summed E-state index contributed by atoms with van der Waals surface area (Å²) in [5.41, 5.74) is 1.30. The van der Waals surface area contributed by atoms with Crippen LogP contribution in [0.3, 0.4) is 0 Å². The molecule has 2 aromatic rings. The Hall–Kier alpha value is -2.99. The van der Waals surface area contributed by atoms with E-state index in [1.165, 1.54) is 17.3 Å². The number of anilines is 2. The predicted octanol–water partition coefficient (Wildman–Crippen LogP) is 2.25. The van der Waals surface area contributed by atoms with Crippen LogP contribution in [-0.2, 0) is 0 Å². The highest BCUT2D eigenvalue weighted by Gasteiger charge is 2.38. The van der Waals surface area contributed by atoms with Crippen molar-refractivity contribution in [2.75, 3.05) is 36.4 Å². The molecule has 0 bridgehead atoms. The number of halogens is 2. The molecule has 3 N–H and O–H groups in total. The number of aromatic amines is 1. The molecule has 1 amide bonds. The number of hydrogen-bond donors (Lipinski definition) is 3. The number of piperidine rings is 1. The second-order valence-electron chi connectivity index (χ2n) is 7.34. The summed E-state index contributed by atoms with van der Waals surface area (Å²) in [6.07, 6.45) is 4.81. The molecular formula is C20H22F2N6O. The number of alkyl halides is 2. The van der Waals surface area contributed by atoms with Crippen LogP contribution in [0.25, 0.3) is 0 Å². The molecule has 7 nitrogen and oxygen atoms in total. The average molecular weight is 400 g/mol. The van der Waals surface area contributed by atoms with Gasteiger partial charge in [0.15, 0.2) is 0 Å². The molecule has 2 fully saturated rings. The standard InChI is InChI=1S/C20H22F2N6O/c21-20(22)7-10-28(13-20)17-4-3-16(12-24-17)26-19(29)18-15(11-25-27-18)2-1-14-5-8-23-9-6-14/h3-4,11-12,14,23H,5-10,13H2,(H,25,27)(H,26,29). The summed E-state index contributed by atoms with van der Waals surface area (Å²) in [4.78, 5) is 18.3. The van der Waals surface area contributed by atoms with E-state index in [1.54, 1.807) is 12.1 Å². The van der Waals surface area contributed by atoms with Gasteiger partial charge in [-0.1, -0.05) is 11.8 Å². The quantitative estimate of drug-likeness (QED) is 0.688. The minimum Gasteiger partial charge on any atom is -0.350 e. The number of rotatable bonds is 3. The van der Waals surface area contributed by atoms with Crippen molar-refractivity contribution in [3.05, 3.63) is 35.8 Å². The highest BCUT2D eigenvalue weighted by Crippen LogP contribution is 2.30. The lowest BCUT2D eigenvalue weighted by Gasteiger charge is -2.17. The van der Waals surface area contributed by atoms with E-state index >= 15 is 0 Å². The first-order valence-corrected chi connectivity index (χ1v) is 9.66. The monoisotopic (exact) mass is 400 g/mol. The van der Waals surface area contributed by atoms with E-state index < -0.39 is 5.92 Å². The van der Waals surface area contributed by atoms with Gasteiger partial charge in [0, 0.05) is 18.9 Å². The van der Waals surface area contributed by atoms with Crippen molar-refractivity contribution in [3.8, 4) is 11.8 Å². The van der Waals surface area contributed by atoms with Crippen molar-refractivity contribution in [1.82, 2.24) is 20.5 Å². The maximum absolute atomic E-state index is 13.4. The number of hydrogen-bond acceptors (Lipinski definition) is 5. The van der Waals surface area contributed by atoms with Crippen LogP contribution in [0.2, 0.25) is 0 Å². The largest absolute Gasteiger partial charge is 0.350 e. The number of aromatic nitrogens is 3. The number of H-pyrrole nitrogens is 1. The first-order valence-electron chi connectivity index (χ1n) is 9.66. The molecule has 0 spiro atoms. The molecule has 0 aliphatic carbocycles. The smallest absolute Gasteiger partial charge is 0.275 e. The Morgan fingerprint density at radius 1 is 1.28 bits per heavy atom. The molecule has 2 aliphatic heterocycles. The lowest BCUT2D eigenvalue weighted by molar-refractivity contribution is 0.0256. The van der Waals surface area contributed by atoms with Gasteiger partial charge in [0.25, 0.3) is 11.8 Å². The van der Waals surface area contributed by atoms with Crippen molar-refractivity contribution in [2.45, 2.75) is 25.2 Å². The van der Waals surface area contributed by atoms with Crippen LogP contribution in [0.4, 0.5) is 20.3 Å². The van der Waals surface area contributed by atoms with Gasteiger partial charge in [0.05, 0.1) is 30.2 Å². The number of pyridine rings is 1. The second kappa shape index (κ2) is 8.17. The fourth-order valence-electron chi connectivity index (χ4n) is 3.47. The topological polar surface area (TPSA) is 85.9 Å². The fraction of sp³-hybridized carbons (Fsp3) is 0.450. The third-order valence-corrected chi connectivity index (χ3v) is 5.12. The number of nitrogens with one attached hydrogen (secondary N) is 3. The van der Waals surface area contributed by atoms with Gasteiger partial charge in [0.1, 0.15) is 11.5 Å². The van der Waals surface area contributed by atoms with Crippen molar-refractivity contribution < 1.29 is 13.6 Å². The number of nitrogens with zero attached hydrogens (tertiary/aromatic N) is 3. The average Bonchev–Trinajstić information content (AvgIpc) is 3.34. The lowest BCUT2D eigenvalue weighted by Crippen LogP contribution is -2.26. The second-order valence-corrected chi connectivity index (χ2v) is 7.34. The van der Waals surface area contributed by atoms with Crippen LogP contribution in [0, 0.1) is 17.8 Å². The molecule has 0 radical (unpaired) electrons. The molecule has 152 valence electrons. The van der Waals surface area contributed by atoms with Crippen molar-refractivity contribution in [1.29, 1.82) is 0 Å². The zero-order valence-electron chi connectivity index (χ0n) is 15.8. The van der Waals surface area contributed by atoms with E-state index in [9.17, 15) is 13.6 Å².